The standard InChI is InChI=1S/C14H21N3/c1-16-9-4-14(5-10-16)6-11-17(12-14)13-2-7-15-8-3-13/h2-3,7-8H,4-6,9-12H2,1H3. The Hall–Kier alpha value is -1.09. The quantitative estimate of drug-likeness (QED) is 0.737. The summed E-state index contributed by atoms with van der Waals surface area (Å²) < 4.78 is 0. The van der Waals surface area contributed by atoms with Crippen LogP contribution >= 0.6 is 0 Å². The Balaban J connectivity index is 1.70. The zero-order chi connectivity index (χ0) is 11.7. The fraction of sp³-hybridized carbons (Fsp3) is 0.643. The molecule has 0 N–H and O–H groups in total. The molecule has 0 unspecified atom stereocenters. The summed E-state index contributed by atoms with van der Waals surface area (Å²) in [6.45, 7) is 4.99. The second kappa shape index (κ2) is 4.30. The van der Waals surface area contributed by atoms with Gasteiger partial charge < -0.3 is 9.80 Å². The maximum Gasteiger partial charge on any atom is 0.0397 e. The van der Waals surface area contributed by atoms with Gasteiger partial charge in [0.1, 0.15) is 0 Å². The predicted octanol–water partition coefficient (Wildman–Crippen LogP) is 2.00. The van der Waals surface area contributed by atoms with Crippen LogP contribution in [-0.4, -0.2) is 43.1 Å². The van der Waals surface area contributed by atoms with Crippen molar-refractivity contribution in [3.8, 4) is 0 Å². The Morgan fingerprint density at radius 1 is 1.06 bits per heavy atom. The molecular weight excluding hydrogens is 210 g/mol. The minimum atomic E-state index is 0.593. The number of rotatable bonds is 1. The summed E-state index contributed by atoms with van der Waals surface area (Å²) in [4.78, 5) is 9.09. The molecule has 0 atom stereocenters. The molecule has 3 heterocycles. The van der Waals surface area contributed by atoms with Gasteiger partial charge in [-0.25, -0.2) is 0 Å². The second-order valence-corrected chi connectivity index (χ2v) is 5.68. The lowest BCUT2D eigenvalue weighted by atomic mass is 9.78. The molecule has 2 aliphatic rings. The number of hydrogen-bond acceptors (Lipinski definition) is 3. The highest BCUT2D eigenvalue weighted by Crippen LogP contribution is 2.41. The van der Waals surface area contributed by atoms with Gasteiger partial charge in [0.25, 0.3) is 0 Å². The molecule has 0 bridgehead atoms. The molecule has 0 amide bonds. The highest BCUT2D eigenvalue weighted by molar-refractivity contribution is 5.46. The zero-order valence-electron chi connectivity index (χ0n) is 10.6. The first kappa shape index (κ1) is 11.0. The molecule has 92 valence electrons. The molecule has 17 heavy (non-hydrogen) atoms. The number of anilines is 1. The summed E-state index contributed by atoms with van der Waals surface area (Å²) in [5, 5.41) is 0. The van der Waals surface area contributed by atoms with Crippen LogP contribution in [0.3, 0.4) is 0 Å². The largest absolute Gasteiger partial charge is 0.371 e. The van der Waals surface area contributed by atoms with Crippen molar-refractivity contribution in [2.24, 2.45) is 5.41 Å². The normalized spacial score (nSPS) is 24.4. The Labute approximate surface area is 103 Å². The summed E-state index contributed by atoms with van der Waals surface area (Å²) in [5.41, 5.74) is 1.94. The second-order valence-electron chi connectivity index (χ2n) is 5.68. The van der Waals surface area contributed by atoms with Gasteiger partial charge in [0.15, 0.2) is 0 Å². The molecule has 3 rings (SSSR count). The van der Waals surface area contributed by atoms with Crippen LogP contribution in [0.15, 0.2) is 24.5 Å². The zero-order valence-corrected chi connectivity index (χ0v) is 10.6. The van der Waals surface area contributed by atoms with Crippen molar-refractivity contribution in [1.29, 1.82) is 0 Å². The Bertz CT molecular complexity index is 368. The van der Waals surface area contributed by atoms with Crippen LogP contribution in [0.5, 0.6) is 0 Å². The minimum absolute atomic E-state index is 0.593. The third-order valence-corrected chi connectivity index (χ3v) is 4.51. The third-order valence-electron chi connectivity index (χ3n) is 4.51. The molecule has 2 fully saturated rings. The number of hydrogen-bond donors (Lipinski definition) is 0. The van der Waals surface area contributed by atoms with E-state index in [1.807, 2.05) is 12.4 Å². The SMILES string of the molecule is CN1CCC2(CC1)CCN(c1ccncc1)C2. The van der Waals surface area contributed by atoms with Crippen LogP contribution in [-0.2, 0) is 0 Å². The van der Waals surface area contributed by atoms with Gasteiger partial charge in [-0.3, -0.25) is 4.98 Å². The van der Waals surface area contributed by atoms with Crippen LogP contribution in [0.1, 0.15) is 19.3 Å². The van der Waals surface area contributed by atoms with E-state index in [1.54, 1.807) is 0 Å². The average molecular weight is 231 g/mol. The molecule has 3 heteroatoms. The fourth-order valence-electron chi connectivity index (χ4n) is 3.21. The van der Waals surface area contributed by atoms with Crippen molar-refractivity contribution in [3.63, 3.8) is 0 Å². The molecular formula is C14H21N3. The summed E-state index contributed by atoms with van der Waals surface area (Å²) in [6.07, 6.45) is 7.89. The monoisotopic (exact) mass is 231 g/mol. The highest BCUT2D eigenvalue weighted by atomic mass is 15.2. The van der Waals surface area contributed by atoms with Gasteiger partial charge in [0.05, 0.1) is 0 Å². The van der Waals surface area contributed by atoms with E-state index in [2.05, 4.69) is 34.0 Å². The van der Waals surface area contributed by atoms with Gasteiger partial charge in [-0.1, -0.05) is 0 Å². The van der Waals surface area contributed by atoms with Crippen molar-refractivity contribution in [3.05, 3.63) is 24.5 Å². The minimum Gasteiger partial charge on any atom is -0.371 e. The molecule has 1 aromatic rings. The predicted molar refractivity (Wildman–Crippen MR) is 70.2 cm³/mol. The smallest absolute Gasteiger partial charge is 0.0397 e. The highest BCUT2D eigenvalue weighted by Gasteiger charge is 2.39. The van der Waals surface area contributed by atoms with Gasteiger partial charge >= 0.3 is 0 Å². The topological polar surface area (TPSA) is 19.4 Å². The maximum atomic E-state index is 4.10. The van der Waals surface area contributed by atoms with Crippen LogP contribution in [0.2, 0.25) is 0 Å². The lowest BCUT2D eigenvalue weighted by molar-refractivity contribution is 0.142. The van der Waals surface area contributed by atoms with Gasteiger partial charge in [-0.15, -0.1) is 0 Å². The molecule has 0 radical (unpaired) electrons. The van der Waals surface area contributed by atoms with E-state index in [9.17, 15) is 0 Å². The summed E-state index contributed by atoms with van der Waals surface area (Å²) in [6, 6.07) is 4.27. The number of pyridine rings is 1. The summed E-state index contributed by atoms with van der Waals surface area (Å²) in [7, 11) is 2.24. The van der Waals surface area contributed by atoms with Gasteiger partial charge in [-0.05, 0) is 56.9 Å². The molecule has 2 saturated heterocycles. The molecule has 1 spiro atoms. The van der Waals surface area contributed by atoms with Crippen LogP contribution < -0.4 is 4.90 Å². The molecule has 0 aliphatic carbocycles. The fourth-order valence-corrected chi connectivity index (χ4v) is 3.21. The molecule has 0 saturated carbocycles. The Morgan fingerprint density at radius 2 is 1.71 bits per heavy atom. The summed E-state index contributed by atoms with van der Waals surface area (Å²) in [5.74, 6) is 0. The van der Waals surface area contributed by atoms with Crippen LogP contribution in [0.25, 0.3) is 0 Å². The maximum absolute atomic E-state index is 4.10. The van der Waals surface area contributed by atoms with E-state index in [4.69, 9.17) is 0 Å². The molecule has 2 aliphatic heterocycles. The van der Waals surface area contributed by atoms with Crippen LogP contribution in [0, 0.1) is 5.41 Å². The molecule has 3 nitrogen and oxygen atoms in total. The van der Waals surface area contributed by atoms with E-state index in [1.165, 1.54) is 51.1 Å². The number of likely N-dealkylation sites (tertiary alicyclic amines) is 1. The van der Waals surface area contributed by atoms with Gasteiger partial charge in [0, 0.05) is 31.2 Å². The van der Waals surface area contributed by atoms with Crippen molar-refractivity contribution >= 4 is 5.69 Å². The van der Waals surface area contributed by atoms with Crippen molar-refractivity contribution in [2.45, 2.75) is 19.3 Å². The van der Waals surface area contributed by atoms with Gasteiger partial charge in [-0.2, -0.15) is 0 Å². The van der Waals surface area contributed by atoms with E-state index >= 15 is 0 Å². The van der Waals surface area contributed by atoms with Crippen molar-refractivity contribution in [2.75, 3.05) is 38.1 Å². The third kappa shape index (κ3) is 2.16. The first-order valence-electron chi connectivity index (χ1n) is 6.61. The Morgan fingerprint density at radius 3 is 2.41 bits per heavy atom. The van der Waals surface area contributed by atoms with Crippen molar-refractivity contribution in [1.82, 2.24) is 9.88 Å². The van der Waals surface area contributed by atoms with Gasteiger partial charge in [0.2, 0.25) is 0 Å². The average Bonchev–Trinajstić information content (AvgIpc) is 2.79. The number of aromatic nitrogens is 1. The van der Waals surface area contributed by atoms with E-state index in [0.717, 1.165) is 0 Å². The summed E-state index contributed by atoms with van der Waals surface area (Å²) >= 11 is 0. The first-order valence-corrected chi connectivity index (χ1v) is 6.61. The Kier molecular flexibility index (Phi) is 2.79. The molecule has 1 aromatic heterocycles. The lowest BCUT2D eigenvalue weighted by Gasteiger charge is -2.37. The molecule has 0 aromatic carbocycles. The number of piperidine rings is 1. The first-order chi connectivity index (χ1) is 8.27. The van der Waals surface area contributed by atoms with Crippen molar-refractivity contribution < 1.29 is 0 Å². The van der Waals surface area contributed by atoms with Crippen LogP contribution in [0.4, 0.5) is 5.69 Å². The van der Waals surface area contributed by atoms with E-state index < -0.39 is 0 Å². The van der Waals surface area contributed by atoms with E-state index in [0.29, 0.717) is 5.41 Å². The van der Waals surface area contributed by atoms with E-state index in [-0.39, 0.29) is 0 Å². The lowest BCUT2D eigenvalue weighted by Crippen LogP contribution is -2.39. The number of nitrogens with zero attached hydrogens (tertiary/aromatic N) is 3.